The molecule has 0 saturated carbocycles. The molecule has 0 atom stereocenters. The highest BCUT2D eigenvalue weighted by molar-refractivity contribution is 6.07. The second-order valence-corrected chi connectivity index (χ2v) is 6.21. The first-order chi connectivity index (χ1) is 13.9. The first kappa shape index (κ1) is 19.8. The summed E-state index contributed by atoms with van der Waals surface area (Å²) in [6.07, 6.45) is 3.47. The Morgan fingerprint density at radius 3 is 2.59 bits per heavy atom. The summed E-state index contributed by atoms with van der Waals surface area (Å²) in [6, 6.07) is 10.6. The molecule has 0 aliphatic carbocycles. The second-order valence-electron chi connectivity index (χ2n) is 6.21. The molecule has 0 radical (unpaired) electrons. The van der Waals surface area contributed by atoms with Gasteiger partial charge >= 0.3 is 5.97 Å². The number of ether oxygens (including phenoxy) is 2. The summed E-state index contributed by atoms with van der Waals surface area (Å²) in [6.45, 7) is 3.22. The molecule has 148 valence electrons. The standard InChI is InChI=1S/C21H19N3O5/c1-13-10-15(28-12-18(25)27-3)6-7-17(13)23-20(26)19-14(2)29-21(16(19)11-22)24-8-4-5-9-24/h4-10H,12H2,1-3H3,(H,23,26). The molecule has 0 fully saturated rings. The highest BCUT2D eigenvalue weighted by Gasteiger charge is 2.25. The number of nitriles is 1. The van der Waals surface area contributed by atoms with Crippen molar-refractivity contribution in [1.29, 1.82) is 5.26 Å². The number of nitrogens with one attached hydrogen (secondary N) is 1. The summed E-state index contributed by atoms with van der Waals surface area (Å²) < 4.78 is 17.2. The van der Waals surface area contributed by atoms with Crippen molar-refractivity contribution in [2.75, 3.05) is 19.0 Å². The molecule has 3 aromatic rings. The van der Waals surface area contributed by atoms with Gasteiger partial charge in [-0.15, -0.1) is 0 Å². The fourth-order valence-electron chi connectivity index (χ4n) is 2.81. The normalized spacial score (nSPS) is 10.3. The molecule has 0 spiro atoms. The Balaban J connectivity index is 1.82. The number of hydrogen-bond acceptors (Lipinski definition) is 6. The number of anilines is 1. The number of amides is 1. The Labute approximate surface area is 167 Å². The molecule has 0 aliphatic heterocycles. The number of carbonyl (C=O) groups excluding carboxylic acids is 2. The molecule has 29 heavy (non-hydrogen) atoms. The molecule has 3 rings (SSSR count). The molecule has 2 aromatic heterocycles. The minimum atomic E-state index is -0.488. The van der Waals surface area contributed by atoms with E-state index in [0.29, 0.717) is 23.1 Å². The largest absolute Gasteiger partial charge is 0.482 e. The summed E-state index contributed by atoms with van der Waals surface area (Å²) in [5.74, 6) is 0.172. The third-order valence-corrected chi connectivity index (χ3v) is 4.27. The Morgan fingerprint density at radius 1 is 1.24 bits per heavy atom. The van der Waals surface area contributed by atoms with Crippen molar-refractivity contribution in [3.8, 4) is 17.7 Å². The SMILES string of the molecule is COC(=O)COc1ccc(NC(=O)c2c(C)oc(-n3cccc3)c2C#N)c(C)c1. The molecule has 8 nitrogen and oxygen atoms in total. The zero-order valence-corrected chi connectivity index (χ0v) is 16.2. The average molecular weight is 393 g/mol. The number of methoxy groups -OCH3 is 1. The third-order valence-electron chi connectivity index (χ3n) is 4.27. The maximum atomic E-state index is 12.9. The minimum Gasteiger partial charge on any atom is -0.482 e. The molecular weight excluding hydrogens is 374 g/mol. The molecule has 0 aliphatic rings. The van der Waals surface area contributed by atoms with E-state index in [9.17, 15) is 14.9 Å². The third kappa shape index (κ3) is 4.14. The fraction of sp³-hybridized carbons (Fsp3) is 0.190. The smallest absolute Gasteiger partial charge is 0.343 e. The van der Waals surface area contributed by atoms with Crippen molar-refractivity contribution >= 4 is 17.6 Å². The van der Waals surface area contributed by atoms with E-state index in [0.717, 1.165) is 5.56 Å². The first-order valence-electron chi connectivity index (χ1n) is 8.73. The van der Waals surface area contributed by atoms with Gasteiger partial charge in [-0.25, -0.2) is 4.79 Å². The predicted molar refractivity (Wildman–Crippen MR) is 104 cm³/mol. The quantitative estimate of drug-likeness (QED) is 0.644. The van der Waals surface area contributed by atoms with E-state index >= 15 is 0 Å². The average Bonchev–Trinajstić information content (AvgIpc) is 3.35. The van der Waals surface area contributed by atoms with Gasteiger partial charge < -0.3 is 19.2 Å². The van der Waals surface area contributed by atoms with Crippen LogP contribution < -0.4 is 10.1 Å². The lowest BCUT2D eigenvalue weighted by Crippen LogP contribution is -2.15. The number of esters is 1. The number of carbonyl (C=O) groups is 2. The van der Waals surface area contributed by atoms with Crippen LogP contribution >= 0.6 is 0 Å². The van der Waals surface area contributed by atoms with Crippen molar-refractivity contribution in [2.45, 2.75) is 13.8 Å². The van der Waals surface area contributed by atoms with Crippen LogP contribution in [0, 0.1) is 25.2 Å². The molecule has 0 saturated heterocycles. The van der Waals surface area contributed by atoms with E-state index in [-0.39, 0.29) is 17.7 Å². The molecule has 1 N–H and O–H groups in total. The van der Waals surface area contributed by atoms with Crippen LogP contribution in [0.15, 0.2) is 47.1 Å². The van der Waals surface area contributed by atoms with Gasteiger partial charge in [0.15, 0.2) is 6.61 Å². The molecule has 1 amide bonds. The summed E-state index contributed by atoms with van der Waals surface area (Å²) >= 11 is 0. The van der Waals surface area contributed by atoms with Gasteiger partial charge in [-0.3, -0.25) is 9.36 Å². The van der Waals surface area contributed by atoms with Crippen LogP contribution in [0.2, 0.25) is 0 Å². The summed E-state index contributed by atoms with van der Waals surface area (Å²) in [5.41, 5.74) is 1.62. The lowest BCUT2D eigenvalue weighted by molar-refractivity contribution is -0.142. The second kappa shape index (κ2) is 8.35. The van der Waals surface area contributed by atoms with Gasteiger partial charge in [-0.1, -0.05) is 0 Å². The van der Waals surface area contributed by atoms with Gasteiger partial charge in [-0.2, -0.15) is 5.26 Å². The van der Waals surface area contributed by atoms with Gasteiger partial charge in [0.25, 0.3) is 5.91 Å². The van der Waals surface area contributed by atoms with E-state index in [1.165, 1.54) is 7.11 Å². The van der Waals surface area contributed by atoms with Crippen LogP contribution in [0.1, 0.15) is 27.2 Å². The first-order valence-corrected chi connectivity index (χ1v) is 8.73. The lowest BCUT2D eigenvalue weighted by Gasteiger charge is -2.11. The topological polar surface area (TPSA) is 106 Å². The van der Waals surface area contributed by atoms with E-state index in [4.69, 9.17) is 9.15 Å². The Kier molecular flexibility index (Phi) is 5.69. The van der Waals surface area contributed by atoms with Gasteiger partial charge in [0.1, 0.15) is 28.7 Å². The molecule has 2 heterocycles. The number of hydrogen-bond donors (Lipinski definition) is 1. The molecule has 0 bridgehead atoms. The van der Waals surface area contributed by atoms with Crippen molar-refractivity contribution in [1.82, 2.24) is 4.57 Å². The number of furan rings is 1. The van der Waals surface area contributed by atoms with Gasteiger partial charge in [-0.05, 0) is 49.7 Å². The van der Waals surface area contributed by atoms with Gasteiger partial charge in [0, 0.05) is 18.1 Å². The predicted octanol–water partition coefficient (Wildman–Crippen LogP) is 3.36. The Hall–Kier alpha value is -3.99. The monoisotopic (exact) mass is 393 g/mol. The fourth-order valence-corrected chi connectivity index (χ4v) is 2.81. The molecule has 8 heteroatoms. The van der Waals surface area contributed by atoms with Crippen molar-refractivity contribution in [3.63, 3.8) is 0 Å². The highest BCUT2D eigenvalue weighted by Crippen LogP contribution is 2.27. The zero-order valence-electron chi connectivity index (χ0n) is 16.2. The van der Waals surface area contributed by atoms with Crippen LogP contribution in [0.5, 0.6) is 5.75 Å². The Bertz CT molecular complexity index is 1090. The highest BCUT2D eigenvalue weighted by atomic mass is 16.6. The Morgan fingerprint density at radius 2 is 1.97 bits per heavy atom. The van der Waals surface area contributed by atoms with E-state index in [1.807, 2.05) is 0 Å². The van der Waals surface area contributed by atoms with Crippen LogP contribution in [0.3, 0.4) is 0 Å². The van der Waals surface area contributed by atoms with E-state index in [1.54, 1.807) is 61.1 Å². The van der Waals surface area contributed by atoms with E-state index < -0.39 is 11.9 Å². The number of rotatable bonds is 6. The maximum Gasteiger partial charge on any atom is 0.343 e. The zero-order chi connectivity index (χ0) is 21.0. The van der Waals surface area contributed by atoms with Crippen LogP contribution in [0.25, 0.3) is 5.88 Å². The molecule has 1 aromatic carbocycles. The number of aryl methyl sites for hydroxylation is 2. The van der Waals surface area contributed by atoms with Crippen molar-refractivity contribution < 1.29 is 23.5 Å². The van der Waals surface area contributed by atoms with Crippen molar-refractivity contribution in [3.05, 3.63) is 65.2 Å². The van der Waals surface area contributed by atoms with E-state index in [2.05, 4.69) is 16.1 Å². The van der Waals surface area contributed by atoms with Gasteiger partial charge in [0.05, 0.1) is 7.11 Å². The number of nitrogens with zero attached hydrogens (tertiary/aromatic N) is 2. The van der Waals surface area contributed by atoms with Crippen LogP contribution in [-0.4, -0.2) is 30.2 Å². The summed E-state index contributed by atoms with van der Waals surface area (Å²) in [5, 5.41) is 12.4. The lowest BCUT2D eigenvalue weighted by atomic mass is 10.1. The van der Waals surface area contributed by atoms with Crippen LogP contribution in [-0.2, 0) is 9.53 Å². The van der Waals surface area contributed by atoms with Gasteiger partial charge in [0.2, 0.25) is 5.88 Å². The van der Waals surface area contributed by atoms with Crippen molar-refractivity contribution in [2.24, 2.45) is 0 Å². The summed E-state index contributed by atoms with van der Waals surface area (Å²) in [7, 11) is 1.28. The number of benzene rings is 1. The molecular formula is C21H19N3O5. The molecule has 0 unspecified atom stereocenters. The number of aromatic nitrogens is 1. The minimum absolute atomic E-state index is 0.159. The maximum absolute atomic E-state index is 12.9. The summed E-state index contributed by atoms with van der Waals surface area (Å²) in [4.78, 5) is 24.0. The van der Waals surface area contributed by atoms with Crippen LogP contribution in [0.4, 0.5) is 5.69 Å².